The van der Waals surface area contributed by atoms with Gasteiger partial charge >= 0.3 is 0 Å². The topological polar surface area (TPSA) is 137 Å². The minimum absolute atomic E-state index is 0.118. The molecule has 0 aliphatic heterocycles. The number of hydrogen-bond acceptors (Lipinski definition) is 4. The van der Waals surface area contributed by atoms with Gasteiger partial charge in [-0.1, -0.05) is 0 Å². The lowest BCUT2D eigenvalue weighted by Gasteiger charge is -2.10. The molecule has 7 nitrogen and oxygen atoms in total. The van der Waals surface area contributed by atoms with E-state index in [1.807, 2.05) is 0 Å². The van der Waals surface area contributed by atoms with Crippen LogP contribution in [0.2, 0.25) is 0 Å². The average Bonchev–Trinajstić information content (AvgIpc) is 2.03. The molecule has 13 heavy (non-hydrogen) atoms. The van der Waals surface area contributed by atoms with Gasteiger partial charge in [-0.3, -0.25) is 10.2 Å². The molecule has 1 atom stereocenters. The highest BCUT2D eigenvalue weighted by Gasteiger charge is 2.12. The van der Waals surface area contributed by atoms with E-state index in [9.17, 15) is 4.79 Å². The van der Waals surface area contributed by atoms with Crippen molar-refractivity contribution < 1.29 is 10.0 Å². The fraction of sp³-hybridized carbons (Fsp3) is 0.667. The van der Waals surface area contributed by atoms with Gasteiger partial charge in [0.1, 0.15) is 6.04 Å². The Bertz CT molecular complexity index is 184. The third-order valence-corrected chi connectivity index (χ3v) is 1.48. The maximum Gasteiger partial charge on any atom is 0.236 e. The van der Waals surface area contributed by atoms with Crippen LogP contribution in [0.15, 0.2) is 0 Å². The van der Waals surface area contributed by atoms with Gasteiger partial charge in [-0.05, 0) is 12.8 Å². The zero-order valence-corrected chi connectivity index (χ0v) is 7.21. The summed E-state index contributed by atoms with van der Waals surface area (Å²) in [5.74, 6) is -0.724. The predicted octanol–water partition coefficient (Wildman–Crippen LogP) is -1.92. The zero-order valence-electron chi connectivity index (χ0n) is 7.21. The maximum atomic E-state index is 10.6. The van der Waals surface area contributed by atoms with Crippen LogP contribution < -0.4 is 22.3 Å². The van der Waals surface area contributed by atoms with Gasteiger partial charge in [-0.15, -0.1) is 0 Å². The Balaban J connectivity index is 3.50. The lowest BCUT2D eigenvalue weighted by molar-refractivity contribution is -0.122. The van der Waals surface area contributed by atoms with Crippen molar-refractivity contribution in [3.8, 4) is 0 Å². The van der Waals surface area contributed by atoms with Crippen LogP contribution in [0.3, 0.4) is 0 Å². The Labute approximate surface area is 75.9 Å². The van der Waals surface area contributed by atoms with Crippen LogP contribution in [0, 0.1) is 5.41 Å². The van der Waals surface area contributed by atoms with Crippen LogP contribution in [-0.2, 0) is 4.79 Å². The van der Waals surface area contributed by atoms with Crippen molar-refractivity contribution in [2.45, 2.75) is 18.9 Å². The van der Waals surface area contributed by atoms with Gasteiger partial charge in [-0.25, -0.2) is 0 Å². The highest BCUT2D eigenvalue weighted by molar-refractivity contribution is 5.79. The largest absolute Gasteiger partial charge is 0.370 e. The van der Waals surface area contributed by atoms with Gasteiger partial charge < -0.3 is 22.0 Å². The number of primary amides is 1. The van der Waals surface area contributed by atoms with Crippen LogP contribution in [0.25, 0.3) is 0 Å². The molecule has 0 aromatic carbocycles. The van der Waals surface area contributed by atoms with E-state index in [4.69, 9.17) is 22.1 Å². The molecule has 0 rings (SSSR count). The number of nitrogens with one attached hydrogen (secondary N) is 3. The molecule has 0 saturated heterocycles. The number of carbonyl (C=O) groups is 1. The van der Waals surface area contributed by atoms with Gasteiger partial charge in [0.2, 0.25) is 5.91 Å². The smallest absolute Gasteiger partial charge is 0.236 e. The standard InChI is InChI=1S/C6H15N5O2/c7-5(12)4(11-13)2-1-3-10-6(8)9/h4,11,13H,1-3H2,(H2,7,12)(H4,8,9,10)/t4-/m1/s1. The first-order valence-corrected chi connectivity index (χ1v) is 3.84. The Hall–Kier alpha value is -1.34. The van der Waals surface area contributed by atoms with Crippen molar-refractivity contribution in [3.05, 3.63) is 0 Å². The average molecular weight is 189 g/mol. The molecule has 7 heteroatoms. The Kier molecular flexibility index (Phi) is 5.57. The Morgan fingerprint density at radius 2 is 2.15 bits per heavy atom. The molecule has 0 aliphatic rings. The van der Waals surface area contributed by atoms with E-state index in [0.717, 1.165) is 0 Å². The maximum absolute atomic E-state index is 10.6. The number of carbonyl (C=O) groups excluding carboxylic acids is 1. The SMILES string of the molecule is N=C(N)NCCC[C@@H](NO)C(N)=O. The van der Waals surface area contributed by atoms with Gasteiger partial charge in [0, 0.05) is 6.54 Å². The first-order chi connectivity index (χ1) is 6.07. The molecule has 0 aliphatic carbocycles. The summed E-state index contributed by atoms with van der Waals surface area (Å²) in [6, 6.07) is -0.742. The summed E-state index contributed by atoms with van der Waals surface area (Å²) in [4.78, 5) is 10.6. The highest BCUT2D eigenvalue weighted by atomic mass is 16.5. The number of hydrogen-bond donors (Lipinski definition) is 6. The number of guanidine groups is 1. The van der Waals surface area contributed by atoms with E-state index in [1.54, 1.807) is 5.48 Å². The lowest BCUT2D eigenvalue weighted by atomic mass is 10.1. The quantitative estimate of drug-likeness (QED) is 0.125. The molecular weight excluding hydrogens is 174 g/mol. The predicted molar refractivity (Wildman–Crippen MR) is 47.1 cm³/mol. The molecule has 1 amide bonds. The molecule has 0 heterocycles. The van der Waals surface area contributed by atoms with Crippen molar-refractivity contribution >= 4 is 11.9 Å². The molecule has 0 aromatic heterocycles. The summed E-state index contributed by atoms with van der Waals surface area (Å²) >= 11 is 0. The Morgan fingerprint density at radius 3 is 2.54 bits per heavy atom. The van der Waals surface area contributed by atoms with Crippen LogP contribution in [-0.4, -0.2) is 29.7 Å². The number of hydroxylamine groups is 1. The molecule has 0 spiro atoms. The summed E-state index contributed by atoms with van der Waals surface area (Å²) in [5.41, 5.74) is 11.8. The summed E-state index contributed by atoms with van der Waals surface area (Å²) < 4.78 is 0. The second-order valence-electron chi connectivity index (χ2n) is 2.57. The van der Waals surface area contributed by atoms with Crippen molar-refractivity contribution in [1.29, 1.82) is 5.41 Å². The third kappa shape index (κ3) is 5.88. The number of amides is 1. The van der Waals surface area contributed by atoms with Crippen LogP contribution in [0.1, 0.15) is 12.8 Å². The van der Waals surface area contributed by atoms with Crippen molar-refractivity contribution in [3.63, 3.8) is 0 Å². The first-order valence-electron chi connectivity index (χ1n) is 3.84. The molecule has 0 fully saturated rings. The van der Waals surface area contributed by atoms with Crippen LogP contribution in [0.4, 0.5) is 0 Å². The summed E-state index contributed by atoms with van der Waals surface area (Å²) in [7, 11) is 0. The van der Waals surface area contributed by atoms with Gasteiger partial charge in [0.15, 0.2) is 5.96 Å². The van der Waals surface area contributed by atoms with Crippen molar-refractivity contribution in [1.82, 2.24) is 10.8 Å². The molecule has 0 aromatic rings. The normalized spacial score (nSPS) is 12.1. The van der Waals surface area contributed by atoms with Gasteiger partial charge in [0.05, 0.1) is 0 Å². The van der Waals surface area contributed by atoms with E-state index in [1.165, 1.54) is 0 Å². The van der Waals surface area contributed by atoms with E-state index < -0.39 is 11.9 Å². The second-order valence-corrected chi connectivity index (χ2v) is 2.57. The molecule has 0 bridgehead atoms. The molecule has 8 N–H and O–H groups in total. The lowest BCUT2D eigenvalue weighted by Crippen LogP contribution is -2.40. The second kappa shape index (κ2) is 6.21. The van der Waals surface area contributed by atoms with E-state index >= 15 is 0 Å². The third-order valence-electron chi connectivity index (χ3n) is 1.48. The number of rotatable bonds is 6. The minimum Gasteiger partial charge on any atom is -0.370 e. The highest BCUT2D eigenvalue weighted by Crippen LogP contribution is 1.94. The number of nitrogens with two attached hydrogens (primary N) is 2. The fourth-order valence-corrected chi connectivity index (χ4v) is 0.800. The fourth-order valence-electron chi connectivity index (χ4n) is 0.800. The monoisotopic (exact) mass is 189 g/mol. The first kappa shape index (κ1) is 11.7. The summed E-state index contributed by atoms with van der Waals surface area (Å²) in [6.07, 6.45) is 0.979. The summed E-state index contributed by atoms with van der Waals surface area (Å²) in [5, 5.41) is 17.8. The summed E-state index contributed by atoms with van der Waals surface area (Å²) in [6.45, 7) is 0.473. The molecule has 0 saturated carbocycles. The molecule has 0 radical (unpaired) electrons. The molecular formula is C6H15N5O2. The van der Waals surface area contributed by atoms with Crippen LogP contribution in [0.5, 0.6) is 0 Å². The van der Waals surface area contributed by atoms with Crippen molar-refractivity contribution in [2.24, 2.45) is 11.5 Å². The van der Waals surface area contributed by atoms with Crippen molar-refractivity contribution in [2.75, 3.05) is 6.54 Å². The molecule has 0 unspecified atom stereocenters. The zero-order chi connectivity index (χ0) is 10.3. The van der Waals surface area contributed by atoms with Crippen LogP contribution >= 0.6 is 0 Å². The van der Waals surface area contributed by atoms with Gasteiger partial charge in [-0.2, -0.15) is 5.48 Å². The van der Waals surface area contributed by atoms with Gasteiger partial charge in [0.25, 0.3) is 0 Å². The molecule has 76 valence electrons. The Morgan fingerprint density at radius 1 is 1.54 bits per heavy atom. The van der Waals surface area contributed by atoms with E-state index in [-0.39, 0.29) is 5.96 Å². The van der Waals surface area contributed by atoms with E-state index in [0.29, 0.717) is 19.4 Å². The minimum atomic E-state index is -0.742. The van der Waals surface area contributed by atoms with E-state index in [2.05, 4.69) is 5.32 Å².